The molecule has 10 heteroatoms. The predicted octanol–water partition coefficient (Wildman–Crippen LogP) is 4.24. The van der Waals surface area contributed by atoms with Crippen molar-refractivity contribution < 1.29 is 13.6 Å². The minimum atomic E-state index is -0.751. The molecule has 2 aromatic rings. The fourth-order valence-electron chi connectivity index (χ4n) is 4.07. The predicted molar refractivity (Wildman–Crippen MR) is 126 cm³/mol. The lowest BCUT2D eigenvalue weighted by Gasteiger charge is -2.19. The minimum Gasteiger partial charge on any atom is -0.369 e. The van der Waals surface area contributed by atoms with Gasteiger partial charge in [-0.1, -0.05) is 12.1 Å². The van der Waals surface area contributed by atoms with E-state index in [1.807, 2.05) is 10.6 Å². The van der Waals surface area contributed by atoms with Crippen LogP contribution in [-0.2, 0) is 6.54 Å². The molecule has 2 amide bonds. The molecule has 3 N–H and O–H groups in total. The minimum absolute atomic E-state index is 0.00104. The zero-order valence-electron chi connectivity index (χ0n) is 18.5. The second-order valence-electron chi connectivity index (χ2n) is 7.86. The second-order valence-corrected chi connectivity index (χ2v) is 7.86. The van der Waals surface area contributed by atoms with Crippen LogP contribution in [0.1, 0.15) is 5.56 Å². The molecule has 8 nitrogen and oxygen atoms in total. The van der Waals surface area contributed by atoms with Crippen molar-refractivity contribution in [3.05, 3.63) is 71.5 Å². The smallest absolute Gasteiger partial charge is 0.323 e. The summed E-state index contributed by atoms with van der Waals surface area (Å²) in [5, 5.41) is 8.26. The molecule has 2 aromatic carbocycles. The summed E-state index contributed by atoms with van der Waals surface area (Å²) in [7, 11) is 1.64. The fraction of sp³-hybridized carbons (Fsp3) is 0.167. The van der Waals surface area contributed by atoms with E-state index in [0.717, 1.165) is 28.3 Å². The van der Waals surface area contributed by atoms with Gasteiger partial charge in [0.2, 0.25) is 5.62 Å². The third-order valence-electron chi connectivity index (χ3n) is 5.67. The van der Waals surface area contributed by atoms with Crippen LogP contribution in [0, 0.1) is 18.6 Å². The van der Waals surface area contributed by atoms with Crippen LogP contribution >= 0.6 is 0 Å². The van der Waals surface area contributed by atoms with Crippen LogP contribution in [0.15, 0.2) is 53.7 Å². The van der Waals surface area contributed by atoms with Crippen molar-refractivity contribution in [2.24, 2.45) is 4.99 Å². The van der Waals surface area contributed by atoms with E-state index in [1.165, 1.54) is 24.3 Å². The van der Waals surface area contributed by atoms with Crippen LogP contribution in [0.3, 0.4) is 0 Å². The van der Waals surface area contributed by atoms with Gasteiger partial charge >= 0.3 is 6.03 Å². The first kappa shape index (κ1) is 21.5. The number of nitrogens with zero attached hydrogens (tertiary/aromatic N) is 4. The van der Waals surface area contributed by atoms with Crippen LogP contribution in [0.5, 0.6) is 0 Å². The lowest BCUT2D eigenvalue weighted by molar-refractivity contribution is 0.262. The first-order valence-electron chi connectivity index (χ1n) is 10.6. The Hall–Kier alpha value is -4.34. The second kappa shape index (κ2) is 8.54. The maximum absolute atomic E-state index is 14.8. The molecule has 0 fully saturated rings. The number of hydrogen-bond acceptors (Lipinski definition) is 5. The fourth-order valence-corrected chi connectivity index (χ4v) is 4.07. The van der Waals surface area contributed by atoms with Gasteiger partial charge in [0, 0.05) is 37.5 Å². The molecule has 0 aliphatic carbocycles. The van der Waals surface area contributed by atoms with Crippen molar-refractivity contribution >= 4 is 23.2 Å². The third-order valence-corrected chi connectivity index (χ3v) is 5.67. The van der Waals surface area contributed by atoms with Crippen LogP contribution in [-0.4, -0.2) is 34.2 Å². The first-order valence-corrected chi connectivity index (χ1v) is 10.6. The summed E-state index contributed by atoms with van der Waals surface area (Å²) in [5.41, 5.74) is 3.42. The average Bonchev–Trinajstić information content (AvgIpc) is 3.32. The number of anilines is 3. The number of rotatable bonds is 3. The first-order chi connectivity index (χ1) is 16.4. The van der Waals surface area contributed by atoms with Gasteiger partial charge < -0.3 is 20.5 Å². The molecule has 0 saturated heterocycles. The number of carbonyl (C=O) groups is 1. The number of halogens is 2. The number of carbonyl (C=O) groups excluding carboxylic acids is 1. The summed E-state index contributed by atoms with van der Waals surface area (Å²) in [4.78, 5) is 25.3. The Morgan fingerprint density at radius 3 is 2.68 bits per heavy atom. The summed E-state index contributed by atoms with van der Waals surface area (Å²) in [6, 6.07) is 9.88. The van der Waals surface area contributed by atoms with Crippen LogP contribution < -0.4 is 21.6 Å². The molecular weight excluding hydrogens is 440 g/mol. The highest BCUT2D eigenvalue weighted by atomic mass is 19.1. The van der Waals surface area contributed by atoms with Gasteiger partial charge in [0.25, 0.3) is 0 Å². The summed E-state index contributed by atoms with van der Waals surface area (Å²) < 4.78 is 30.7. The number of amides is 2. The number of aryl methyl sites for hydroxylation is 1. The van der Waals surface area contributed by atoms with Crippen LogP contribution in [0.2, 0.25) is 0 Å². The highest BCUT2D eigenvalue weighted by Crippen LogP contribution is 2.39. The summed E-state index contributed by atoms with van der Waals surface area (Å²) in [5.74, 6) is 0.408. The standard InChI is InChI=1S/C24H21F2N7O/c1-13-9-18(26)20(31-24(34)30-19-6-4-3-5-17(19)25)11-15(13)16-10-14-12-29-23(27-2)32-21(14)33-8-7-28-22(16)33/h3-6,9-12,28H,7-8H2,1-2H3,(H2,30,31,34). The van der Waals surface area contributed by atoms with Gasteiger partial charge in [0.05, 0.1) is 11.4 Å². The number of hydrogen-bond donors (Lipinski definition) is 3. The Morgan fingerprint density at radius 1 is 1.09 bits per heavy atom. The number of aromatic nitrogens is 3. The molecule has 5 rings (SSSR count). The number of pyridine rings is 1. The molecule has 172 valence electrons. The molecule has 3 heterocycles. The Bertz CT molecular complexity index is 1460. The molecule has 34 heavy (non-hydrogen) atoms. The monoisotopic (exact) mass is 461 g/mol. The van der Waals surface area contributed by atoms with Crippen molar-refractivity contribution in [1.82, 2.24) is 14.5 Å². The van der Waals surface area contributed by atoms with Gasteiger partial charge in [-0.2, -0.15) is 4.98 Å². The number of benzene rings is 2. The van der Waals surface area contributed by atoms with Gasteiger partial charge in [-0.25, -0.2) is 18.6 Å². The van der Waals surface area contributed by atoms with E-state index in [-0.39, 0.29) is 11.4 Å². The molecular formula is C24H21F2N7O. The maximum Gasteiger partial charge on any atom is 0.323 e. The molecule has 3 aliphatic heterocycles. The number of nitrogens with one attached hydrogen (secondary N) is 3. The van der Waals surface area contributed by atoms with Gasteiger partial charge in [-0.15, -0.1) is 0 Å². The van der Waals surface area contributed by atoms with E-state index >= 15 is 0 Å². The van der Waals surface area contributed by atoms with Gasteiger partial charge in [-0.05, 0) is 48.4 Å². The summed E-state index contributed by atoms with van der Waals surface area (Å²) in [6.45, 7) is 3.22. The third kappa shape index (κ3) is 3.83. The van der Waals surface area contributed by atoms with Crippen molar-refractivity contribution in [3.8, 4) is 22.5 Å². The molecule has 3 aliphatic rings. The van der Waals surface area contributed by atoms with Gasteiger partial charge in [0.15, 0.2) is 0 Å². The number of urea groups is 1. The van der Waals surface area contributed by atoms with E-state index in [4.69, 9.17) is 0 Å². The lowest BCUT2D eigenvalue weighted by atomic mass is 9.98. The van der Waals surface area contributed by atoms with E-state index < -0.39 is 17.7 Å². The normalized spacial score (nSPS) is 13.0. The van der Waals surface area contributed by atoms with Crippen LogP contribution in [0.4, 0.5) is 30.8 Å². The zero-order valence-corrected chi connectivity index (χ0v) is 18.5. The van der Waals surface area contributed by atoms with Gasteiger partial charge in [0.1, 0.15) is 23.3 Å². The molecule has 0 atom stereocenters. The molecule has 0 bridgehead atoms. The Kier molecular flexibility index (Phi) is 5.40. The molecule has 0 saturated carbocycles. The largest absolute Gasteiger partial charge is 0.369 e. The molecule has 0 radical (unpaired) electrons. The molecule has 0 spiro atoms. The average molecular weight is 461 g/mol. The van der Waals surface area contributed by atoms with Crippen molar-refractivity contribution in [3.63, 3.8) is 0 Å². The van der Waals surface area contributed by atoms with E-state index in [9.17, 15) is 13.6 Å². The Balaban J connectivity index is 1.55. The van der Waals surface area contributed by atoms with Crippen molar-refractivity contribution in [1.29, 1.82) is 0 Å². The number of para-hydroxylation sites is 1. The topological polar surface area (TPSA) is 96.2 Å². The van der Waals surface area contributed by atoms with Crippen molar-refractivity contribution in [2.45, 2.75) is 13.5 Å². The Morgan fingerprint density at radius 2 is 1.88 bits per heavy atom. The zero-order chi connectivity index (χ0) is 23.8. The molecule has 0 unspecified atom stereocenters. The molecule has 0 aromatic heterocycles. The summed E-state index contributed by atoms with van der Waals surface area (Å²) in [6.07, 6.45) is 1.71. The van der Waals surface area contributed by atoms with E-state index in [2.05, 4.69) is 30.9 Å². The highest BCUT2D eigenvalue weighted by Gasteiger charge is 2.24. The number of fused-ring (bicyclic) bond motifs is 3. The highest BCUT2D eigenvalue weighted by molar-refractivity contribution is 6.00. The van der Waals surface area contributed by atoms with E-state index in [0.29, 0.717) is 24.3 Å². The van der Waals surface area contributed by atoms with Gasteiger partial charge in [-0.3, -0.25) is 4.99 Å². The van der Waals surface area contributed by atoms with E-state index in [1.54, 1.807) is 32.3 Å². The maximum atomic E-state index is 14.8. The SMILES string of the molecule is CN=c1ncc2cc(-c3cc(NC(=O)Nc4ccccc4F)c(F)cc3C)c3n(c-2n1)CCN3. The lowest BCUT2D eigenvalue weighted by Crippen LogP contribution is -2.21. The van der Waals surface area contributed by atoms with Crippen LogP contribution in [0.25, 0.3) is 22.5 Å². The quantitative estimate of drug-likeness (QED) is 0.425. The summed E-state index contributed by atoms with van der Waals surface area (Å²) >= 11 is 0. The van der Waals surface area contributed by atoms with Crippen molar-refractivity contribution in [2.75, 3.05) is 29.5 Å². The Labute approximate surface area is 193 Å².